The van der Waals surface area contributed by atoms with Gasteiger partial charge in [0.2, 0.25) is 5.75 Å². The molecule has 8 heteroatoms. The Bertz CT molecular complexity index is 754. The first-order valence-corrected chi connectivity index (χ1v) is 7.52. The van der Waals surface area contributed by atoms with E-state index in [4.69, 9.17) is 16.3 Å². The minimum absolute atomic E-state index is 0.0482. The lowest BCUT2D eigenvalue weighted by atomic mass is 10.2. The van der Waals surface area contributed by atoms with Gasteiger partial charge in [-0.2, -0.15) is 0 Å². The first-order chi connectivity index (χ1) is 10.4. The summed E-state index contributed by atoms with van der Waals surface area (Å²) in [6.45, 7) is 0. The molecule has 2 rings (SSSR count). The summed E-state index contributed by atoms with van der Waals surface area (Å²) >= 11 is 7.32. The van der Waals surface area contributed by atoms with Gasteiger partial charge in [0.05, 0.1) is 15.5 Å². The van der Waals surface area contributed by atoms with Gasteiger partial charge in [0.25, 0.3) is 0 Å². The van der Waals surface area contributed by atoms with E-state index in [0.717, 1.165) is 23.1 Å². The molecule has 0 unspecified atom stereocenters. The Balaban J connectivity index is 2.37. The molecule has 0 spiro atoms. The van der Waals surface area contributed by atoms with Crippen molar-refractivity contribution in [1.82, 2.24) is 0 Å². The third kappa shape index (κ3) is 3.55. The van der Waals surface area contributed by atoms with Gasteiger partial charge < -0.3 is 4.74 Å². The van der Waals surface area contributed by atoms with Crippen LogP contribution >= 0.6 is 23.4 Å². The van der Waals surface area contributed by atoms with Crippen molar-refractivity contribution < 1.29 is 18.8 Å². The monoisotopic (exact) mass is 341 g/mol. The lowest BCUT2D eigenvalue weighted by Crippen LogP contribution is -2.10. The maximum Gasteiger partial charge on any atom is 0.345 e. The van der Waals surface area contributed by atoms with Crippen molar-refractivity contribution in [2.45, 2.75) is 4.90 Å². The van der Waals surface area contributed by atoms with Gasteiger partial charge in [-0.3, -0.25) is 10.1 Å². The summed E-state index contributed by atoms with van der Waals surface area (Å²) in [6.07, 6.45) is 1.82. The summed E-state index contributed by atoms with van der Waals surface area (Å²) in [5.74, 6) is -2.12. The third-order valence-corrected chi connectivity index (χ3v) is 3.77. The highest BCUT2D eigenvalue weighted by atomic mass is 35.5. The van der Waals surface area contributed by atoms with Gasteiger partial charge >= 0.3 is 11.7 Å². The minimum atomic E-state index is -0.894. The molecule has 0 atom stereocenters. The molecule has 2 aromatic rings. The van der Waals surface area contributed by atoms with Crippen molar-refractivity contribution in [3.05, 3.63) is 62.9 Å². The maximum atomic E-state index is 13.2. The van der Waals surface area contributed by atoms with Crippen molar-refractivity contribution in [1.29, 1.82) is 0 Å². The number of halogens is 2. The highest BCUT2D eigenvalue weighted by Crippen LogP contribution is 2.30. The molecule has 0 saturated heterocycles. The molecule has 0 amide bonds. The van der Waals surface area contributed by atoms with Gasteiger partial charge in [-0.15, -0.1) is 11.8 Å². The van der Waals surface area contributed by atoms with Crippen LogP contribution in [0.15, 0.2) is 41.3 Å². The van der Waals surface area contributed by atoms with Crippen LogP contribution < -0.4 is 4.74 Å². The first-order valence-electron chi connectivity index (χ1n) is 5.92. The molecular formula is C14H9ClFNO4S. The Kier molecular flexibility index (Phi) is 4.99. The van der Waals surface area contributed by atoms with Crippen molar-refractivity contribution in [3.8, 4) is 5.75 Å². The number of carbonyl (C=O) groups is 1. The number of nitro benzene ring substituents is 1. The molecule has 0 aliphatic rings. The summed E-state index contributed by atoms with van der Waals surface area (Å²) in [5.41, 5.74) is -0.459. The van der Waals surface area contributed by atoms with Crippen molar-refractivity contribution >= 4 is 35.0 Å². The summed E-state index contributed by atoms with van der Waals surface area (Å²) in [6, 6.07) is 7.36. The molecule has 0 N–H and O–H groups in total. The van der Waals surface area contributed by atoms with Crippen LogP contribution in [0.1, 0.15) is 10.4 Å². The fraction of sp³-hybridized carbons (Fsp3) is 0.0714. The highest BCUT2D eigenvalue weighted by Gasteiger charge is 2.21. The summed E-state index contributed by atoms with van der Waals surface area (Å²) in [7, 11) is 0. The van der Waals surface area contributed by atoms with Crippen LogP contribution in [0.5, 0.6) is 5.75 Å². The Morgan fingerprint density at radius 3 is 2.68 bits per heavy atom. The van der Waals surface area contributed by atoms with Gasteiger partial charge in [-0.1, -0.05) is 11.6 Å². The summed E-state index contributed by atoms with van der Waals surface area (Å²) in [4.78, 5) is 23.0. The lowest BCUT2D eigenvalue weighted by Gasteiger charge is -2.07. The van der Waals surface area contributed by atoms with E-state index < -0.39 is 28.1 Å². The van der Waals surface area contributed by atoms with Crippen LogP contribution in [0.4, 0.5) is 10.1 Å². The number of benzene rings is 2. The Morgan fingerprint density at radius 2 is 2.05 bits per heavy atom. The zero-order valence-electron chi connectivity index (χ0n) is 11.2. The predicted octanol–water partition coefficient (Wildman–Crippen LogP) is 4.33. The molecule has 0 bridgehead atoms. The standard InChI is InChI=1S/C14H9ClFNO4S/c1-22-9-3-4-11(15)10(7-9)14(18)21-13-6-8(16)2-5-12(13)17(19)20/h2-7H,1H3. The van der Waals surface area contributed by atoms with Gasteiger partial charge in [-0.05, 0) is 30.5 Å². The van der Waals surface area contributed by atoms with Crippen LogP contribution in [0.25, 0.3) is 0 Å². The van der Waals surface area contributed by atoms with Gasteiger partial charge in [0, 0.05) is 17.0 Å². The molecule has 0 aromatic heterocycles. The Hall–Kier alpha value is -2.12. The van der Waals surface area contributed by atoms with Crippen LogP contribution in [0.2, 0.25) is 5.02 Å². The average molecular weight is 342 g/mol. The largest absolute Gasteiger partial charge is 0.415 e. The number of nitro groups is 1. The second-order valence-corrected chi connectivity index (χ2v) is 5.39. The second-order valence-electron chi connectivity index (χ2n) is 4.10. The second kappa shape index (κ2) is 6.76. The number of rotatable bonds is 4. The van der Waals surface area contributed by atoms with E-state index in [-0.39, 0.29) is 10.6 Å². The summed E-state index contributed by atoms with van der Waals surface area (Å²) < 4.78 is 18.2. The molecule has 0 fully saturated rings. The molecule has 5 nitrogen and oxygen atoms in total. The number of esters is 1. The highest BCUT2D eigenvalue weighted by molar-refractivity contribution is 7.98. The van der Waals surface area contributed by atoms with E-state index in [1.54, 1.807) is 6.07 Å². The number of hydrogen-bond acceptors (Lipinski definition) is 5. The molecule has 0 saturated carbocycles. The van der Waals surface area contributed by atoms with Crippen LogP contribution in [-0.4, -0.2) is 17.1 Å². The van der Waals surface area contributed by atoms with E-state index >= 15 is 0 Å². The molecule has 114 valence electrons. The average Bonchev–Trinajstić information content (AvgIpc) is 2.47. The van der Waals surface area contributed by atoms with E-state index in [2.05, 4.69) is 0 Å². The molecule has 0 heterocycles. The van der Waals surface area contributed by atoms with Crippen molar-refractivity contribution in [2.75, 3.05) is 6.26 Å². The van der Waals surface area contributed by atoms with E-state index in [1.807, 2.05) is 6.26 Å². The smallest absolute Gasteiger partial charge is 0.345 e. The number of ether oxygens (including phenoxy) is 1. The fourth-order valence-corrected chi connectivity index (χ4v) is 2.30. The summed E-state index contributed by atoms with van der Waals surface area (Å²) in [5, 5.41) is 11.0. The zero-order valence-corrected chi connectivity index (χ0v) is 12.8. The lowest BCUT2D eigenvalue weighted by molar-refractivity contribution is -0.385. The molecule has 0 aliphatic carbocycles. The fourth-order valence-electron chi connectivity index (χ4n) is 1.66. The molecular weight excluding hydrogens is 333 g/mol. The van der Waals surface area contributed by atoms with E-state index in [0.29, 0.717) is 0 Å². The SMILES string of the molecule is CSc1ccc(Cl)c(C(=O)Oc2cc(F)ccc2[N+](=O)[O-])c1. The number of hydrogen-bond donors (Lipinski definition) is 0. The number of carbonyl (C=O) groups excluding carboxylic acids is 1. The Labute approximate surface area is 134 Å². The normalized spacial score (nSPS) is 10.3. The van der Waals surface area contributed by atoms with Crippen LogP contribution in [-0.2, 0) is 0 Å². The van der Waals surface area contributed by atoms with Gasteiger partial charge in [0.1, 0.15) is 5.82 Å². The zero-order chi connectivity index (χ0) is 16.3. The molecule has 0 radical (unpaired) electrons. The van der Waals surface area contributed by atoms with Crippen molar-refractivity contribution in [3.63, 3.8) is 0 Å². The van der Waals surface area contributed by atoms with Crippen LogP contribution in [0, 0.1) is 15.9 Å². The van der Waals surface area contributed by atoms with Crippen molar-refractivity contribution in [2.24, 2.45) is 0 Å². The quantitative estimate of drug-likeness (QED) is 0.272. The van der Waals surface area contributed by atoms with E-state index in [1.165, 1.54) is 23.9 Å². The molecule has 22 heavy (non-hydrogen) atoms. The van der Waals surface area contributed by atoms with E-state index in [9.17, 15) is 19.3 Å². The maximum absolute atomic E-state index is 13.2. The number of nitrogens with zero attached hydrogens (tertiary/aromatic N) is 1. The third-order valence-electron chi connectivity index (χ3n) is 2.71. The first kappa shape index (κ1) is 16.3. The van der Waals surface area contributed by atoms with Gasteiger partial charge in [-0.25, -0.2) is 9.18 Å². The molecule has 0 aliphatic heterocycles. The van der Waals surface area contributed by atoms with Gasteiger partial charge in [0.15, 0.2) is 0 Å². The minimum Gasteiger partial charge on any atom is -0.415 e. The predicted molar refractivity (Wildman–Crippen MR) is 81.2 cm³/mol. The van der Waals surface area contributed by atoms with Crippen LogP contribution in [0.3, 0.4) is 0 Å². The Morgan fingerprint density at radius 1 is 1.32 bits per heavy atom. The topological polar surface area (TPSA) is 69.4 Å². The molecule has 2 aromatic carbocycles. The number of thioether (sulfide) groups is 1.